The number of fused-ring (bicyclic) bond motifs is 10. The Bertz CT molecular complexity index is 1700. The Hall–Kier alpha value is -3.80. The highest BCUT2D eigenvalue weighted by Crippen LogP contribution is 2.39. The molecule has 6 heteroatoms. The van der Waals surface area contributed by atoms with Crippen LogP contribution in [0.1, 0.15) is 0 Å². The molecule has 26 heavy (non-hydrogen) atoms. The highest BCUT2D eigenvalue weighted by atomic mass is 16.2. The molecular weight excluding hydrogens is 330 g/mol. The van der Waals surface area contributed by atoms with E-state index in [2.05, 4.69) is 9.97 Å². The van der Waals surface area contributed by atoms with Crippen molar-refractivity contribution in [2.24, 2.45) is 0 Å². The van der Waals surface area contributed by atoms with Gasteiger partial charge < -0.3 is 4.98 Å². The van der Waals surface area contributed by atoms with Crippen LogP contribution in [0, 0.1) is 0 Å². The van der Waals surface area contributed by atoms with Crippen molar-refractivity contribution >= 4 is 54.4 Å². The molecule has 0 amide bonds. The summed E-state index contributed by atoms with van der Waals surface area (Å²) in [5.74, 6) is 0. The van der Waals surface area contributed by atoms with Crippen LogP contribution in [0.25, 0.3) is 54.4 Å². The van der Waals surface area contributed by atoms with Crippen LogP contribution in [0.4, 0.5) is 0 Å². The lowest BCUT2D eigenvalue weighted by atomic mass is 10.0. The summed E-state index contributed by atoms with van der Waals surface area (Å²) in [5, 5.41) is 3.57. The van der Waals surface area contributed by atoms with Gasteiger partial charge in [-0.25, -0.2) is 4.98 Å². The number of hydrogen-bond donors (Lipinski definition) is 2. The van der Waals surface area contributed by atoms with Crippen molar-refractivity contribution in [1.29, 1.82) is 0 Å². The van der Waals surface area contributed by atoms with Crippen LogP contribution >= 0.6 is 0 Å². The Labute approximate surface area is 143 Å². The number of nitrogens with one attached hydrogen (secondary N) is 2. The summed E-state index contributed by atoms with van der Waals surface area (Å²) in [7, 11) is 0. The maximum atomic E-state index is 12.6. The van der Waals surface area contributed by atoms with Crippen molar-refractivity contribution in [1.82, 2.24) is 15.0 Å². The number of hydrogen-bond acceptors (Lipinski definition) is 4. The van der Waals surface area contributed by atoms with Gasteiger partial charge in [0, 0.05) is 27.6 Å². The molecule has 3 aromatic heterocycles. The quantitative estimate of drug-likeness (QED) is 0.444. The summed E-state index contributed by atoms with van der Waals surface area (Å²) >= 11 is 0. The fourth-order valence-corrected chi connectivity index (χ4v) is 4.07. The summed E-state index contributed by atoms with van der Waals surface area (Å²) in [4.78, 5) is 47.2. The lowest BCUT2D eigenvalue weighted by molar-refractivity contribution is 1.26. The Morgan fingerprint density at radius 3 is 2.35 bits per heavy atom. The van der Waals surface area contributed by atoms with Crippen LogP contribution in [0.2, 0.25) is 0 Å². The van der Waals surface area contributed by atoms with Gasteiger partial charge in [-0.2, -0.15) is 0 Å². The fraction of sp³-hybridized carbons (Fsp3) is 0. The normalized spacial score (nSPS) is 12.3. The molecule has 0 fully saturated rings. The van der Waals surface area contributed by atoms with E-state index in [0.29, 0.717) is 38.1 Å². The number of H-pyrrole nitrogens is 2. The van der Waals surface area contributed by atoms with Gasteiger partial charge in [0.25, 0.3) is 11.1 Å². The zero-order chi connectivity index (χ0) is 17.6. The molecule has 6 aromatic rings. The minimum atomic E-state index is -0.422. The van der Waals surface area contributed by atoms with Gasteiger partial charge >= 0.3 is 0 Å². The molecule has 0 unspecified atom stereocenters. The third-order valence-electron chi connectivity index (χ3n) is 5.08. The first kappa shape index (κ1) is 13.5. The Balaban J connectivity index is 2.12. The summed E-state index contributed by atoms with van der Waals surface area (Å²) in [6.45, 7) is 0. The van der Waals surface area contributed by atoms with Crippen LogP contribution in [-0.2, 0) is 0 Å². The smallest absolute Gasteiger partial charge is 0.259 e. The SMILES string of the molecule is O=c1ccc2c(c1)[nH]c1c3nc4ccccc4c3c3c(=O)[nH]c(=O)c3c21. The van der Waals surface area contributed by atoms with E-state index in [1.807, 2.05) is 24.3 Å². The molecule has 0 aliphatic carbocycles. The topological polar surface area (TPSA) is 95.7 Å². The van der Waals surface area contributed by atoms with Gasteiger partial charge in [-0.15, -0.1) is 0 Å². The van der Waals surface area contributed by atoms with Crippen LogP contribution in [-0.4, -0.2) is 15.0 Å². The first-order valence-corrected chi connectivity index (χ1v) is 8.12. The zero-order valence-corrected chi connectivity index (χ0v) is 13.2. The molecule has 0 spiro atoms. The fourth-order valence-electron chi connectivity index (χ4n) is 4.07. The second-order valence-electron chi connectivity index (χ2n) is 6.47. The third kappa shape index (κ3) is 1.43. The third-order valence-corrected chi connectivity index (χ3v) is 5.08. The average Bonchev–Trinajstić information content (AvgIpc) is 3.25. The van der Waals surface area contributed by atoms with Gasteiger partial charge in [-0.05, 0) is 18.2 Å². The number of para-hydroxylation sites is 1. The second-order valence-corrected chi connectivity index (χ2v) is 6.47. The predicted molar refractivity (Wildman–Crippen MR) is 102 cm³/mol. The van der Waals surface area contributed by atoms with Crippen molar-refractivity contribution in [2.45, 2.75) is 0 Å². The van der Waals surface area contributed by atoms with Gasteiger partial charge in [0.15, 0.2) is 5.43 Å². The number of aromatic nitrogens is 3. The van der Waals surface area contributed by atoms with Crippen LogP contribution in [0.5, 0.6) is 0 Å². The van der Waals surface area contributed by atoms with E-state index in [-0.39, 0.29) is 5.43 Å². The standard InChI is InChI=1S/C20H9N3O3/c24-8-5-6-10-12(7-8)22-18-14(10)16-15(19(25)23-20(16)26)13-9-3-1-2-4-11(9)21-17(13)18/h1-7,22H,(H,23,25,26). The van der Waals surface area contributed by atoms with Gasteiger partial charge in [0.05, 0.1) is 32.8 Å². The van der Waals surface area contributed by atoms with E-state index in [0.717, 1.165) is 16.3 Å². The lowest BCUT2D eigenvalue weighted by Crippen LogP contribution is -2.05. The van der Waals surface area contributed by atoms with Gasteiger partial charge in [0.2, 0.25) is 0 Å². The van der Waals surface area contributed by atoms with Gasteiger partial charge in [0.1, 0.15) is 0 Å². The molecule has 0 saturated heterocycles. The minimum Gasteiger partial charge on any atom is -0.353 e. The molecule has 0 atom stereocenters. The predicted octanol–water partition coefficient (Wildman–Crippen LogP) is 2.46. The summed E-state index contributed by atoms with van der Waals surface area (Å²) in [6, 6.07) is 12.2. The molecule has 0 aliphatic rings. The van der Waals surface area contributed by atoms with Crippen molar-refractivity contribution in [3.8, 4) is 0 Å². The van der Waals surface area contributed by atoms with E-state index in [4.69, 9.17) is 4.98 Å². The molecule has 3 heterocycles. The molecule has 3 aromatic carbocycles. The first-order chi connectivity index (χ1) is 12.6. The van der Waals surface area contributed by atoms with E-state index in [9.17, 15) is 14.4 Å². The van der Waals surface area contributed by atoms with Crippen LogP contribution in [0.3, 0.4) is 0 Å². The maximum absolute atomic E-state index is 12.6. The van der Waals surface area contributed by atoms with Gasteiger partial charge in [-0.1, -0.05) is 18.2 Å². The summed E-state index contributed by atoms with van der Waals surface area (Å²) < 4.78 is 0. The van der Waals surface area contributed by atoms with Crippen molar-refractivity contribution in [3.63, 3.8) is 0 Å². The molecule has 0 saturated carbocycles. The molecular formula is C20H9N3O3. The number of rotatable bonds is 0. The molecule has 2 N–H and O–H groups in total. The second kappa shape index (κ2) is 4.23. The summed E-state index contributed by atoms with van der Waals surface area (Å²) in [5.41, 5.74) is 1.72. The van der Waals surface area contributed by atoms with Crippen molar-refractivity contribution in [3.05, 3.63) is 73.4 Å². The average molecular weight is 339 g/mol. The van der Waals surface area contributed by atoms with E-state index < -0.39 is 11.1 Å². The first-order valence-electron chi connectivity index (χ1n) is 8.12. The van der Waals surface area contributed by atoms with Gasteiger partial charge in [-0.3, -0.25) is 19.4 Å². The molecule has 0 aliphatic heterocycles. The minimum absolute atomic E-state index is 0.127. The molecule has 122 valence electrons. The summed E-state index contributed by atoms with van der Waals surface area (Å²) in [6.07, 6.45) is 0. The van der Waals surface area contributed by atoms with Crippen molar-refractivity contribution < 1.29 is 0 Å². The highest BCUT2D eigenvalue weighted by Gasteiger charge is 2.22. The molecule has 0 bridgehead atoms. The van der Waals surface area contributed by atoms with Crippen molar-refractivity contribution in [2.75, 3.05) is 0 Å². The Morgan fingerprint density at radius 2 is 1.50 bits per heavy atom. The largest absolute Gasteiger partial charge is 0.353 e. The molecule has 6 rings (SSSR count). The monoisotopic (exact) mass is 339 g/mol. The number of aromatic amines is 2. The van der Waals surface area contributed by atoms with Crippen LogP contribution < -0.4 is 16.5 Å². The molecule has 6 nitrogen and oxygen atoms in total. The Kier molecular flexibility index (Phi) is 2.20. The number of benzene rings is 3. The Morgan fingerprint density at radius 1 is 0.731 bits per heavy atom. The van der Waals surface area contributed by atoms with E-state index in [1.54, 1.807) is 6.07 Å². The maximum Gasteiger partial charge on any atom is 0.259 e. The van der Waals surface area contributed by atoms with E-state index >= 15 is 0 Å². The molecule has 0 radical (unpaired) electrons. The number of nitrogens with zero attached hydrogens (tertiary/aromatic N) is 1. The lowest BCUT2D eigenvalue weighted by Gasteiger charge is -1.97. The van der Waals surface area contributed by atoms with E-state index in [1.165, 1.54) is 12.1 Å². The zero-order valence-electron chi connectivity index (χ0n) is 13.2. The van der Waals surface area contributed by atoms with Crippen LogP contribution in [0.15, 0.2) is 56.8 Å². The highest BCUT2D eigenvalue weighted by molar-refractivity contribution is 6.35.